The zero-order valence-corrected chi connectivity index (χ0v) is 20.5. The average Bonchev–Trinajstić information content (AvgIpc) is 2.77. The van der Waals surface area contributed by atoms with Crippen LogP contribution in [0.1, 0.15) is 78.9 Å². The summed E-state index contributed by atoms with van der Waals surface area (Å²) in [5.74, 6) is 0.526. The molecule has 1 atom stereocenters. The predicted octanol–water partition coefficient (Wildman–Crippen LogP) is 6.34. The van der Waals surface area contributed by atoms with Crippen molar-refractivity contribution in [1.29, 1.82) is 0 Å². The van der Waals surface area contributed by atoms with Crippen LogP contribution < -0.4 is 15.4 Å². The smallest absolute Gasteiger partial charge is 0.314 e. The van der Waals surface area contributed by atoms with Gasteiger partial charge in [-0.25, -0.2) is 0 Å². The van der Waals surface area contributed by atoms with Crippen molar-refractivity contribution >= 4 is 23.7 Å². The molecule has 173 valence electrons. The van der Waals surface area contributed by atoms with Gasteiger partial charge in [-0.3, -0.25) is 9.59 Å². The number of carbonyl (C=O) groups excluding carboxylic acids is 2. The Morgan fingerprint density at radius 3 is 2.22 bits per heavy atom. The lowest BCUT2D eigenvalue weighted by Crippen LogP contribution is -2.33. The van der Waals surface area contributed by atoms with Crippen LogP contribution >= 0.6 is 0 Å². The predicted molar refractivity (Wildman–Crippen MR) is 132 cm³/mol. The summed E-state index contributed by atoms with van der Waals surface area (Å²) in [6.45, 7) is 15.2. The summed E-state index contributed by atoms with van der Waals surface area (Å²) >= 11 is 0. The van der Waals surface area contributed by atoms with Crippen molar-refractivity contribution in [2.24, 2.45) is 0 Å². The molecule has 1 radical (unpaired) electrons. The van der Waals surface area contributed by atoms with Gasteiger partial charge in [0.05, 0.1) is 0 Å². The number of hydrogen-bond acceptors (Lipinski definition) is 3. The van der Waals surface area contributed by atoms with Crippen molar-refractivity contribution in [2.45, 2.75) is 84.7 Å². The van der Waals surface area contributed by atoms with E-state index in [1.807, 2.05) is 13.0 Å². The van der Waals surface area contributed by atoms with Crippen molar-refractivity contribution in [1.82, 2.24) is 0 Å². The Bertz CT molecular complexity index is 934. The number of ether oxygens (including phenoxy) is 1. The van der Waals surface area contributed by atoms with E-state index in [-0.39, 0.29) is 16.7 Å². The second-order valence-corrected chi connectivity index (χ2v) is 9.50. The second kappa shape index (κ2) is 10.7. The van der Waals surface area contributed by atoms with E-state index in [2.05, 4.69) is 64.3 Å². The average molecular weight is 438 g/mol. The Balaban J connectivity index is 2.32. The first-order valence-corrected chi connectivity index (χ1v) is 11.4. The van der Waals surface area contributed by atoms with Crippen molar-refractivity contribution in [3.63, 3.8) is 0 Å². The van der Waals surface area contributed by atoms with Crippen LogP contribution in [0.3, 0.4) is 0 Å². The van der Waals surface area contributed by atoms with Crippen LogP contribution in [0, 0.1) is 0 Å². The standard InChI is InChI=1S/C27H37N2O3/c1-8-23(25(31)29-21-13-11-12-20(17-21)28-18-30)32-24-15-14-19(26(4,5)9-2)16-22(24)27(6,7)10-3/h11-17,23H,8-10H2,1-7H3,(H,28,30)(H,29,31). The van der Waals surface area contributed by atoms with Gasteiger partial charge in [-0.2, -0.15) is 0 Å². The SMILES string of the molecule is CCC(Oc1ccc(C(C)(C)CC)cc1C(C)(C)CC)C(=O)Nc1cccc(N[C]=O)c1. The molecule has 2 rings (SSSR count). The molecule has 2 N–H and O–H groups in total. The summed E-state index contributed by atoms with van der Waals surface area (Å²) in [7, 11) is 0. The molecular weight excluding hydrogens is 400 g/mol. The van der Waals surface area contributed by atoms with Gasteiger partial charge < -0.3 is 15.4 Å². The fourth-order valence-corrected chi connectivity index (χ4v) is 3.41. The second-order valence-electron chi connectivity index (χ2n) is 9.50. The van der Waals surface area contributed by atoms with Gasteiger partial charge in [0.15, 0.2) is 6.10 Å². The molecule has 0 fully saturated rings. The van der Waals surface area contributed by atoms with Crippen molar-refractivity contribution < 1.29 is 14.3 Å². The molecule has 0 bridgehead atoms. The van der Waals surface area contributed by atoms with Gasteiger partial charge >= 0.3 is 6.41 Å². The number of amides is 2. The molecule has 0 aromatic heterocycles. The van der Waals surface area contributed by atoms with Crippen LogP contribution in [-0.4, -0.2) is 18.4 Å². The summed E-state index contributed by atoms with van der Waals surface area (Å²) in [6.07, 6.45) is 3.52. The highest BCUT2D eigenvalue weighted by atomic mass is 16.5. The molecule has 32 heavy (non-hydrogen) atoms. The largest absolute Gasteiger partial charge is 0.480 e. The third-order valence-electron chi connectivity index (χ3n) is 6.52. The van der Waals surface area contributed by atoms with Crippen LogP contribution in [0.5, 0.6) is 5.75 Å². The molecule has 2 aromatic carbocycles. The molecule has 0 aliphatic heterocycles. The molecule has 0 saturated heterocycles. The summed E-state index contributed by atoms with van der Waals surface area (Å²) in [5, 5.41) is 5.36. The first-order chi connectivity index (χ1) is 15.1. The highest BCUT2D eigenvalue weighted by Gasteiger charge is 2.28. The first kappa shape index (κ1) is 25.4. The van der Waals surface area contributed by atoms with Crippen LogP contribution in [-0.2, 0) is 20.4 Å². The molecule has 2 amide bonds. The molecule has 2 aromatic rings. The number of rotatable bonds is 11. The highest BCUT2D eigenvalue weighted by molar-refractivity contribution is 5.95. The van der Waals surface area contributed by atoms with E-state index in [4.69, 9.17) is 4.74 Å². The molecule has 0 aliphatic rings. The Morgan fingerprint density at radius 1 is 0.969 bits per heavy atom. The Hall–Kier alpha value is -2.82. The number of hydrogen-bond donors (Lipinski definition) is 2. The normalized spacial score (nSPS) is 12.7. The molecular formula is C27H37N2O3. The molecule has 0 saturated carbocycles. The summed E-state index contributed by atoms with van der Waals surface area (Å²) in [4.78, 5) is 23.6. The van der Waals surface area contributed by atoms with Gasteiger partial charge in [-0.1, -0.05) is 66.7 Å². The fourth-order valence-electron chi connectivity index (χ4n) is 3.41. The summed E-state index contributed by atoms with van der Waals surface area (Å²) in [5.41, 5.74) is 3.53. The third kappa shape index (κ3) is 6.12. The van der Waals surface area contributed by atoms with Gasteiger partial charge in [0.1, 0.15) is 5.75 Å². The Morgan fingerprint density at radius 2 is 1.62 bits per heavy atom. The van der Waals surface area contributed by atoms with Crippen molar-refractivity contribution in [3.05, 3.63) is 53.6 Å². The van der Waals surface area contributed by atoms with E-state index in [9.17, 15) is 9.59 Å². The Labute approximate surface area is 192 Å². The lowest BCUT2D eigenvalue weighted by molar-refractivity contribution is -0.122. The molecule has 0 heterocycles. The molecule has 1 unspecified atom stereocenters. The van der Waals surface area contributed by atoms with E-state index in [0.29, 0.717) is 17.8 Å². The van der Waals surface area contributed by atoms with Gasteiger partial charge in [0, 0.05) is 16.9 Å². The minimum Gasteiger partial charge on any atom is -0.480 e. The van der Waals surface area contributed by atoms with Crippen LogP contribution in [0.15, 0.2) is 42.5 Å². The maximum Gasteiger partial charge on any atom is 0.314 e. The molecule has 0 aliphatic carbocycles. The zero-order chi connectivity index (χ0) is 23.9. The zero-order valence-electron chi connectivity index (χ0n) is 20.5. The number of carbonyl (C=O) groups is 1. The maximum absolute atomic E-state index is 13.0. The molecule has 0 spiro atoms. The van der Waals surface area contributed by atoms with E-state index in [1.165, 1.54) is 5.56 Å². The number of nitrogens with one attached hydrogen (secondary N) is 2. The molecule has 5 heteroatoms. The fraction of sp³-hybridized carbons (Fsp3) is 0.481. The maximum atomic E-state index is 13.0. The number of benzene rings is 2. The monoisotopic (exact) mass is 437 g/mol. The van der Waals surface area contributed by atoms with E-state index in [0.717, 1.165) is 24.2 Å². The lowest BCUT2D eigenvalue weighted by atomic mass is 9.76. The van der Waals surface area contributed by atoms with E-state index >= 15 is 0 Å². The summed E-state index contributed by atoms with van der Waals surface area (Å²) < 4.78 is 6.31. The van der Waals surface area contributed by atoms with Crippen LogP contribution in [0.2, 0.25) is 0 Å². The van der Waals surface area contributed by atoms with Crippen LogP contribution in [0.25, 0.3) is 0 Å². The quantitative estimate of drug-likeness (QED) is 0.403. The van der Waals surface area contributed by atoms with Gasteiger partial charge in [-0.05, 0) is 59.9 Å². The lowest BCUT2D eigenvalue weighted by Gasteiger charge is -2.31. The molecule has 5 nitrogen and oxygen atoms in total. The van der Waals surface area contributed by atoms with Gasteiger partial charge in [0.25, 0.3) is 5.91 Å². The van der Waals surface area contributed by atoms with E-state index in [1.54, 1.807) is 30.7 Å². The minimum atomic E-state index is -0.638. The summed E-state index contributed by atoms with van der Waals surface area (Å²) in [6, 6.07) is 13.3. The minimum absolute atomic E-state index is 0.0661. The van der Waals surface area contributed by atoms with Crippen molar-refractivity contribution in [2.75, 3.05) is 10.6 Å². The highest BCUT2D eigenvalue weighted by Crippen LogP contribution is 2.39. The van der Waals surface area contributed by atoms with Crippen molar-refractivity contribution in [3.8, 4) is 5.75 Å². The first-order valence-electron chi connectivity index (χ1n) is 11.4. The number of anilines is 2. The van der Waals surface area contributed by atoms with Crippen LogP contribution in [0.4, 0.5) is 11.4 Å². The Kier molecular flexibility index (Phi) is 8.48. The van der Waals surface area contributed by atoms with Gasteiger partial charge in [0.2, 0.25) is 0 Å². The third-order valence-corrected chi connectivity index (χ3v) is 6.52. The van der Waals surface area contributed by atoms with E-state index < -0.39 is 6.10 Å². The van der Waals surface area contributed by atoms with Gasteiger partial charge in [-0.15, -0.1) is 0 Å². The topological polar surface area (TPSA) is 67.4 Å².